The SMILES string of the molecule is Cc1nc(C)c(C(C)NC(=O)C2(c3ccc(C(C)(C)C)cc3)CC2)s1. The van der Waals surface area contributed by atoms with Crippen molar-refractivity contribution in [3.8, 4) is 0 Å². The van der Waals surface area contributed by atoms with Crippen LogP contribution in [0.1, 0.15) is 73.3 Å². The molecule has 1 atom stereocenters. The molecule has 1 amide bonds. The van der Waals surface area contributed by atoms with Gasteiger partial charge in [0, 0.05) is 4.88 Å². The Balaban J connectivity index is 1.76. The predicted molar refractivity (Wildman–Crippen MR) is 104 cm³/mol. The van der Waals surface area contributed by atoms with Gasteiger partial charge in [0.25, 0.3) is 0 Å². The topological polar surface area (TPSA) is 42.0 Å². The number of amides is 1. The fourth-order valence-electron chi connectivity index (χ4n) is 3.41. The van der Waals surface area contributed by atoms with Crippen molar-refractivity contribution in [2.45, 2.75) is 71.3 Å². The molecule has 2 aromatic rings. The molecule has 1 N–H and O–H groups in total. The number of hydrogen-bond donors (Lipinski definition) is 1. The Labute approximate surface area is 154 Å². The van der Waals surface area contributed by atoms with E-state index in [-0.39, 0.29) is 22.8 Å². The maximum Gasteiger partial charge on any atom is 0.231 e. The van der Waals surface area contributed by atoms with Gasteiger partial charge < -0.3 is 5.32 Å². The smallest absolute Gasteiger partial charge is 0.231 e. The normalized spacial score (nSPS) is 17.2. The Kier molecular flexibility index (Phi) is 4.52. The molecule has 0 bridgehead atoms. The van der Waals surface area contributed by atoms with Crippen molar-refractivity contribution in [2.24, 2.45) is 0 Å². The summed E-state index contributed by atoms with van der Waals surface area (Å²) in [4.78, 5) is 18.6. The van der Waals surface area contributed by atoms with Crippen LogP contribution in [-0.4, -0.2) is 10.9 Å². The summed E-state index contributed by atoms with van der Waals surface area (Å²) < 4.78 is 0. The van der Waals surface area contributed by atoms with Crippen LogP contribution in [0.2, 0.25) is 0 Å². The minimum absolute atomic E-state index is 0.00465. The average molecular weight is 357 g/mol. The predicted octanol–water partition coefficient (Wildman–Crippen LogP) is 4.97. The number of benzene rings is 1. The fourth-order valence-corrected chi connectivity index (χ4v) is 4.34. The standard InChI is InChI=1S/C21H28N2OS/c1-13-18(25-15(3)22-13)14(2)23-19(24)21(11-12-21)17-9-7-16(8-10-17)20(4,5)6/h7-10,14H,11-12H2,1-6H3,(H,23,24). The van der Waals surface area contributed by atoms with Crippen molar-refractivity contribution in [3.05, 3.63) is 51.0 Å². The van der Waals surface area contributed by atoms with E-state index in [1.54, 1.807) is 11.3 Å². The largest absolute Gasteiger partial charge is 0.348 e. The summed E-state index contributed by atoms with van der Waals surface area (Å²) in [5.74, 6) is 0.147. The van der Waals surface area contributed by atoms with Crippen LogP contribution in [0.15, 0.2) is 24.3 Å². The summed E-state index contributed by atoms with van der Waals surface area (Å²) in [5, 5.41) is 4.28. The van der Waals surface area contributed by atoms with Crippen LogP contribution >= 0.6 is 11.3 Å². The number of carbonyl (C=O) groups excluding carboxylic acids is 1. The lowest BCUT2D eigenvalue weighted by Gasteiger charge is -2.22. The number of rotatable bonds is 4. The van der Waals surface area contributed by atoms with E-state index in [0.29, 0.717) is 0 Å². The highest BCUT2D eigenvalue weighted by Crippen LogP contribution is 2.49. The van der Waals surface area contributed by atoms with Gasteiger partial charge in [0.1, 0.15) is 0 Å². The lowest BCUT2D eigenvalue weighted by atomic mass is 9.85. The van der Waals surface area contributed by atoms with Gasteiger partial charge >= 0.3 is 0 Å². The molecule has 1 aromatic heterocycles. The number of nitrogens with one attached hydrogen (secondary N) is 1. The van der Waals surface area contributed by atoms with Gasteiger partial charge in [-0.25, -0.2) is 4.98 Å². The first kappa shape index (κ1) is 18.1. The quantitative estimate of drug-likeness (QED) is 0.840. The van der Waals surface area contributed by atoms with Crippen LogP contribution in [0.3, 0.4) is 0 Å². The van der Waals surface area contributed by atoms with Gasteiger partial charge in [-0.3, -0.25) is 4.79 Å². The third-order valence-electron chi connectivity index (χ3n) is 5.17. The molecule has 0 aliphatic heterocycles. The maximum atomic E-state index is 13.0. The third kappa shape index (κ3) is 3.50. The van der Waals surface area contributed by atoms with Crippen LogP contribution in [0.5, 0.6) is 0 Å². The molecule has 3 rings (SSSR count). The van der Waals surface area contributed by atoms with E-state index in [1.807, 2.05) is 13.8 Å². The van der Waals surface area contributed by atoms with Gasteiger partial charge in [-0.2, -0.15) is 0 Å². The summed E-state index contributed by atoms with van der Waals surface area (Å²) in [7, 11) is 0. The second-order valence-corrected chi connectivity index (χ2v) is 9.52. The van der Waals surface area contributed by atoms with Gasteiger partial charge in [0.2, 0.25) is 5.91 Å². The monoisotopic (exact) mass is 356 g/mol. The molecule has 0 spiro atoms. The van der Waals surface area contributed by atoms with Crippen LogP contribution < -0.4 is 5.32 Å². The van der Waals surface area contributed by atoms with E-state index in [0.717, 1.165) is 34.0 Å². The van der Waals surface area contributed by atoms with E-state index in [1.165, 1.54) is 5.56 Å². The minimum Gasteiger partial charge on any atom is -0.348 e. The van der Waals surface area contributed by atoms with E-state index in [2.05, 4.69) is 62.3 Å². The lowest BCUT2D eigenvalue weighted by molar-refractivity contribution is -0.124. The van der Waals surface area contributed by atoms with E-state index in [4.69, 9.17) is 0 Å². The molecule has 4 heteroatoms. The van der Waals surface area contributed by atoms with Crippen molar-refractivity contribution in [2.75, 3.05) is 0 Å². The van der Waals surface area contributed by atoms with Crippen LogP contribution in [0.4, 0.5) is 0 Å². The summed E-state index contributed by atoms with van der Waals surface area (Å²) in [6.07, 6.45) is 1.86. The highest BCUT2D eigenvalue weighted by molar-refractivity contribution is 7.11. The molecule has 0 saturated heterocycles. The molecule has 134 valence electrons. The van der Waals surface area contributed by atoms with Gasteiger partial charge in [-0.1, -0.05) is 45.0 Å². The molecule has 3 nitrogen and oxygen atoms in total. The zero-order valence-corrected chi connectivity index (χ0v) is 16.9. The highest BCUT2D eigenvalue weighted by atomic mass is 32.1. The molecule has 1 aromatic carbocycles. The van der Waals surface area contributed by atoms with Crippen LogP contribution in [0.25, 0.3) is 0 Å². The zero-order valence-electron chi connectivity index (χ0n) is 16.1. The van der Waals surface area contributed by atoms with Crippen LogP contribution in [0, 0.1) is 13.8 Å². The number of carbonyl (C=O) groups is 1. The fraction of sp³-hybridized carbons (Fsp3) is 0.524. The highest BCUT2D eigenvalue weighted by Gasteiger charge is 2.51. The number of aryl methyl sites for hydroxylation is 2. The maximum absolute atomic E-state index is 13.0. The first-order valence-corrected chi connectivity index (χ1v) is 9.81. The molecule has 1 heterocycles. The molecular weight excluding hydrogens is 328 g/mol. The Morgan fingerprint density at radius 3 is 2.24 bits per heavy atom. The van der Waals surface area contributed by atoms with E-state index in [9.17, 15) is 4.79 Å². The van der Waals surface area contributed by atoms with Gasteiger partial charge in [0.05, 0.1) is 22.2 Å². The van der Waals surface area contributed by atoms with E-state index >= 15 is 0 Å². The molecule has 1 saturated carbocycles. The number of thiazole rings is 1. The summed E-state index contributed by atoms with van der Waals surface area (Å²) in [6.45, 7) is 12.7. The van der Waals surface area contributed by atoms with Crippen molar-refractivity contribution < 1.29 is 4.79 Å². The average Bonchev–Trinajstić information content (AvgIpc) is 3.27. The van der Waals surface area contributed by atoms with Crippen molar-refractivity contribution in [1.29, 1.82) is 0 Å². The molecular formula is C21H28N2OS. The molecule has 1 aliphatic carbocycles. The van der Waals surface area contributed by atoms with Gasteiger partial charge in [-0.05, 0) is 50.2 Å². The first-order valence-electron chi connectivity index (χ1n) is 8.99. The van der Waals surface area contributed by atoms with Gasteiger partial charge in [0.15, 0.2) is 0 Å². The third-order valence-corrected chi connectivity index (χ3v) is 6.42. The summed E-state index contributed by atoms with van der Waals surface area (Å²) in [6, 6.07) is 8.62. The Morgan fingerprint density at radius 1 is 1.20 bits per heavy atom. The molecule has 25 heavy (non-hydrogen) atoms. The lowest BCUT2D eigenvalue weighted by Crippen LogP contribution is -2.36. The second kappa shape index (κ2) is 6.24. The number of hydrogen-bond acceptors (Lipinski definition) is 3. The Morgan fingerprint density at radius 2 is 1.80 bits per heavy atom. The van der Waals surface area contributed by atoms with Gasteiger partial charge in [-0.15, -0.1) is 11.3 Å². The number of nitrogens with zero attached hydrogens (tertiary/aromatic N) is 1. The molecule has 0 radical (unpaired) electrons. The first-order chi connectivity index (χ1) is 11.6. The Hall–Kier alpha value is -1.68. The van der Waals surface area contributed by atoms with Crippen molar-refractivity contribution in [1.82, 2.24) is 10.3 Å². The number of aromatic nitrogens is 1. The zero-order chi connectivity index (χ0) is 18.4. The molecule has 1 unspecified atom stereocenters. The summed E-state index contributed by atoms with van der Waals surface area (Å²) >= 11 is 1.67. The minimum atomic E-state index is -0.335. The summed E-state index contributed by atoms with van der Waals surface area (Å²) in [5.41, 5.74) is 3.26. The molecule has 1 fully saturated rings. The van der Waals surface area contributed by atoms with Crippen molar-refractivity contribution in [3.63, 3.8) is 0 Å². The van der Waals surface area contributed by atoms with Crippen LogP contribution in [-0.2, 0) is 15.6 Å². The second-order valence-electron chi connectivity index (χ2n) is 8.29. The Bertz CT molecular complexity index is 779. The van der Waals surface area contributed by atoms with E-state index < -0.39 is 0 Å². The van der Waals surface area contributed by atoms with Crippen molar-refractivity contribution >= 4 is 17.2 Å². The molecule has 1 aliphatic rings.